The second kappa shape index (κ2) is 7.73. The Hall–Kier alpha value is -1.95. The maximum atomic E-state index is 7.56. The molecule has 0 spiro atoms. The lowest BCUT2D eigenvalue weighted by Crippen LogP contribution is -2.60. The van der Waals surface area contributed by atoms with E-state index in [9.17, 15) is 0 Å². The van der Waals surface area contributed by atoms with E-state index in [1.807, 2.05) is 12.1 Å². The molecule has 21 heavy (non-hydrogen) atoms. The highest BCUT2D eigenvalue weighted by atomic mass is 35.5. The second-order valence-corrected chi connectivity index (χ2v) is 5.38. The average Bonchev–Trinajstić information content (AvgIpc) is 2.38. The maximum absolute atomic E-state index is 7.56. The van der Waals surface area contributed by atoms with Gasteiger partial charge in [-0.2, -0.15) is 0 Å². The van der Waals surface area contributed by atoms with Gasteiger partial charge in [-0.25, -0.2) is 0 Å². The molecule has 0 aromatic heterocycles. The van der Waals surface area contributed by atoms with Crippen molar-refractivity contribution in [1.29, 1.82) is 10.8 Å². The summed E-state index contributed by atoms with van der Waals surface area (Å²) in [5, 5.41) is 21.5. The predicted molar refractivity (Wildman–Crippen MR) is 87.4 cm³/mol. The van der Waals surface area contributed by atoms with Crippen LogP contribution < -0.4 is 22.1 Å². The number of nitrogens with two attached hydrogens (primary N) is 2. The summed E-state index contributed by atoms with van der Waals surface area (Å²) in [7, 11) is 0. The van der Waals surface area contributed by atoms with Gasteiger partial charge in [0.15, 0.2) is 11.9 Å². The Balaban J connectivity index is 3.16. The fraction of sp³-hybridized carbons (Fsp3) is 0.429. The molecule has 0 amide bonds. The summed E-state index contributed by atoms with van der Waals surface area (Å²) in [5.41, 5.74) is 11.0. The van der Waals surface area contributed by atoms with Gasteiger partial charge in [-0.05, 0) is 30.5 Å². The summed E-state index contributed by atoms with van der Waals surface area (Å²) in [6, 6.07) is 7.19. The number of hydrogen-bond acceptors (Lipinski definition) is 2. The highest BCUT2D eigenvalue weighted by Gasteiger charge is 2.32. The molecular weight excluding hydrogens is 288 g/mol. The van der Waals surface area contributed by atoms with Crippen LogP contribution in [-0.4, -0.2) is 11.9 Å². The highest BCUT2D eigenvalue weighted by Crippen LogP contribution is 2.26. The first-order valence-corrected chi connectivity index (χ1v) is 7.28. The zero-order chi connectivity index (χ0) is 15.9. The quantitative estimate of drug-likeness (QED) is 0.199. The van der Waals surface area contributed by atoms with Crippen molar-refractivity contribution in [3.8, 4) is 0 Å². The molecule has 0 saturated carbocycles. The SMILES string of the molecule is CCCCCC(NC(=N)N)(NC(=N)N)c1ccc(Cl)cc1. The van der Waals surface area contributed by atoms with Crippen LogP contribution in [0.2, 0.25) is 5.02 Å². The van der Waals surface area contributed by atoms with Crippen molar-refractivity contribution in [2.24, 2.45) is 11.5 Å². The Labute approximate surface area is 130 Å². The monoisotopic (exact) mass is 310 g/mol. The highest BCUT2D eigenvalue weighted by molar-refractivity contribution is 6.30. The number of halogens is 1. The van der Waals surface area contributed by atoms with Crippen LogP contribution in [-0.2, 0) is 5.66 Å². The minimum absolute atomic E-state index is 0.185. The van der Waals surface area contributed by atoms with Crippen molar-refractivity contribution >= 4 is 23.5 Å². The van der Waals surface area contributed by atoms with Crippen LogP contribution in [0.4, 0.5) is 0 Å². The summed E-state index contributed by atoms with van der Waals surface area (Å²) in [6.07, 6.45) is 3.65. The molecule has 0 atom stereocenters. The Kier molecular flexibility index (Phi) is 6.30. The van der Waals surface area contributed by atoms with Crippen molar-refractivity contribution < 1.29 is 0 Å². The summed E-state index contributed by atoms with van der Waals surface area (Å²) < 4.78 is 0. The first-order valence-electron chi connectivity index (χ1n) is 6.90. The van der Waals surface area contributed by atoms with Crippen molar-refractivity contribution in [3.63, 3.8) is 0 Å². The molecule has 0 heterocycles. The Morgan fingerprint density at radius 3 is 2.05 bits per heavy atom. The van der Waals surface area contributed by atoms with Crippen LogP contribution in [0.1, 0.15) is 38.2 Å². The van der Waals surface area contributed by atoms with Crippen molar-refractivity contribution in [2.75, 3.05) is 0 Å². The van der Waals surface area contributed by atoms with Gasteiger partial charge >= 0.3 is 0 Å². The molecule has 6 nitrogen and oxygen atoms in total. The number of nitrogens with one attached hydrogen (secondary N) is 4. The number of hydrogen-bond donors (Lipinski definition) is 6. The van der Waals surface area contributed by atoms with Gasteiger partial charge in [-0.15, -0.1) is 0 Å². The normalized spacial score (nSPS) is 13.2. The van der Waals surface area contributed by atoms with Crippen LogP contribution in [0.25, 0.3) is 0 Å². The molecule has 0 unspecified atom stereocenters. The molecule has 116 valence electrons. The zero-order valence-electron chi connectivity index (χ0n) is 12.2. The van der Waals surface area contributed by atoms with Crippen LogP contribution in [0.15, 0.2) is 24.3 Å². The molecule has 0 fully saturated rings. The largest absolute Gasteiger partial charge is 0.370 e. The van der Waals surface area contributed by atoms with Crippen molar-refractivity contribution in [2.45, 2.75) is 38.3 Å². The molecule has 0 aliphatic heterocycles. The fourth-order valence-electron chi connectivity index (χ4n) is 2.28. The Morgan fingerprint density at radius 1 is 1.10 bits per heavy atom. The van der Waals surface area contributed by atoms with E-state index in [-0.39, 0.29) is 11.9 Å². The van der Waals surface area contributed by atoms with Gasteiger partial charge in [-0.1, -0.05) is 43.5 Å². The number of rotatable bonds is 7. The van der Waals surface area contributed by atoms with Crippen molar-refractivity contribution in [3.05, 3.63) is 34.9 Å². The van der Waals surface area contributed by atoms with E-state index < -0.39 is 5.66 Å². The second-order valence-electron chi connectivity index (χ2n) is 4.95. The molecule has 1 rings (SSSR count). The first kappa shape index (κ1) is 17.1. The minimum atomic E-state index is -0.878. The molecule has 0 saturated heterocycles. The summed E-state index contributed by atoms with van der Waals surface area (Å²) >= 11 is 5.93. The topological polar surface area (TPSA) is 124 Å². The molecule has 0 aliphatic rings. The average molecular weight is 311 g/mol. The van der Waals surface area contributed by atoms with Gasteiger partial charge < -0.3 is 22.1 Å². The lowest BCUT2D eigenvalue weighted by molar-refractivity contribution is 0.315. The number of benzene rings is 1. The standard InChI is InChI=1S/C14H23ClN6/c1-2-3-4-9-14(20-12(16)17,21-13(18)19)10-5-7-11(15)8-6-10/h5-8H,2-4,9H2,1H3,(H4,16,17,20)(H4,18,19,21). The van der Waals surface area contributed by atoms with E-state index in [1.54, 1.807) is 12.1 Å². The van der Waals surface area contributed by atoms with Crippen LogP contribution in [0.3, 0.4) is 0 Å². The van der Waals surface area contributed by atoms with Crippen LogP contribution >= 0.6 is 11.6 Å². The van der Waals surface area contributed by atoms with Gasteiger partial charge in [0.25, 0.3) is 0 Å². The lowest BCUT2D eigenvalue weighted by atomic mass is 9.92. The van der Waals surface area contributed by atoms with E-state index in [4.69, 9.17) is 33.9 Å². The molecule has 1 aromatic carbocycles. The van der Waals surface area contributed by atoms with E-state index in [2.05, 4.69) is 17.6 Å². The molecule has 0 bridgehead atoms. The van der Waals surface area contributed by atoms with Gasteiger partial charge in [-0.3, -0.25) is 10.8 Å². The summed E-state index contributed by atoms with van der Waals surface area (Å²) in [5.74, 6) is -0.370. The van der Waals surface area contributed by atoms with Crippen LogP contribution in [0, 0.1) is 10.8 Å². The van der Waals surface area contributed by atoms with E-state index >= 15 is 0 Å². The first-order chi connectivity index (χ1) is 9.89. The Bertz CT molecular complexity index is 469. The third kappa shape index (κ3) is 5.15. The van der Waals surface area contributed by atoms with Gasteiger partial charge in [0.2, 0.25) is 0 Å². The van der Waals surface area contributed by atoms with E-state index in [0.717, 1.165) is 24.8 Å². The molecule has 1 aromatic rings. The van der Waals surface area contributed by atoms with Gasteiger partial charge in [0.1, 0.15) is 5.66 Å². The summed E-state index contributed by atoms with van der Waals surface area (Å²) in [6.45, 7) is 2.11. The predicted octanol–water partition coefficient (Wildman–Crippen LogP) is 2.04. The van der Waals surface area contributed by atoms with Crippen molar-refractivity contribution in [1.82, 2.24) is 10.6 Å². The molecule has 0 aliphatic carbocycles. The zero-order valence-corrected chi connectivity index (χ0v) is 12.9. The molecular formula is C14H23ClN6. The maximum Gasteiger partial charge on any atom is 0.187 e. The Morgan fingerprint density at radius 2 is 1.62 bits per heavy atom. The number of guanidine groups is 2. The third-order valence-corrected chi connectivity index (χ3v) is 3.44. The fourth-order valence-corrected chi connectivity index (χ4v) is 2.41. The van der Waals surface area contributed by atoms with Gasteiger partial charge in [0.05, 0.1) is 0 Å². The third-order valence-electron chi connectivity index (χ3n) is 3.19. The summed E-state index contributed by atoms with van der Waals surface area (Å²) in [4.78, 5) is 0. The minimum Gasteiger partial charge on any atom is -0.370 e. The lowest BCUT2D eigenvalue weighted by Gasteiger charge is -2.37. The van der Waals surface area contributed by atoms with Gasteiger partial charge in [0, 0.05) is 5.02 Å². The van der Waals surface area contributed by atoms with E-state index in [1.165, 1.54) is 0 Å². The number of unbranched alkanes of at least 4 members (excludes halogenated alkanes) is 2. The smallest absolute Gasteiger partial charge is 0.187 e. The van der Waals surface area contributed by atoms with E-state index in [0.29, 0.717) is 11.4 Å². The van der Waals surface area contributed by atoms with Crippen LogP contribution in [0.5, 0.6) is 0 Å². The molecule has 8 N–H and O–H groups in total. The molecule has 7 heteroatoms. The molecule has 0 radical (unpaired) electrons.